The summed E-state index contributed by atoms with van der Waals surface area (Å²) >= 11 is 0. The van der Waals surface area contributed by atoms with E-state index < -0.39 is 0 Å². The molecule has 0 aromatic heterocycles. The molecule has 0 aromatic rings. The Bertz CT molecular complexity index is 203. The predicted molar refractivity (Wildman–Crippen MR) is 69.9 cm³/mol. The van der Waals surface area contributed by atoms with Gasteiger partial charge in [0.05, 0.1) is 0 Å². The first-order chi connectivity index (χ1) is 7.19. The monoisotopic (exact) mass is 209 g/mol. The second-order valence-electron chi connectivity index (χ2n) is 4.09. The lowest BCUT2D eigenvalue weighted by molar-refractivity contribution is 0.310. The second kappa shape index (κ2) is 8.58. The third-order valence-corrected chi connectivity index (χ3v) is 2.73. The normalized spacial score (nSPS) is 14.6. The van der Waals surface area contributed by atoms with Crippen LogP contribution in [0.2, 0.25) is 0 Å². The fraction of sp³-hybridized carbons (Fsp3) is 0.714. The van der Waals surface area contributed by atoms with Crippen LogP contribution in [-0.4, -0.2) is 18.0 Å². The minimum absolute atomic E-state index is 0.774. The van der Waals surface area contributed by atoms with E-state index in [2.05, 4.69) is 57.7 Å². The molecular formula is C14H27N. The lowest BCUT2D eigenvalue weighted by Gasteiger charge is -2.27. The van der Waals surface area contributed by atoms with Crippen LogP contribution >= 0.6 is 0 Å². The van der Waals surface area contributed by atoms with Crippen molar-refractivity contribution in [3.63, 3.8) is 0 Å². The molecule has 0 bridgehead atoms. The van der Waals surface area contributed by atoms with Crippen molar-refractivity contribution in [1.82, 2.24) is 4.90 Å². The number of rotatable bonds is 7. The Morgan fingerprint density at radius 2 is 1.93 bits per heavy atom. The summed E-state index contributed by atoms with van der Waals surface area (Å²) in [4.78, 5) is 2.47. The zero-order valence-electron chi connectivity index (χ0n) is 11.1. The molecule has 0 fully saturated rings. The first kappa shape index (κ1) is 14.3. The molecule has 0 aromatic carbocycles. The minimum Gasteiger partial charge on any atom is -0.372 e. The maximum absolute atomic E-state index is 2.47. The van der Waals surface area contributed by atoms with Crippen LogP contribution < -0.4 is 0 Å². The van der Waals surface area contributed by atoms with Gasteiger partial charge in [0, 0.05) is 18.8 Å². The Morgan fingerprint density at radius 1 is 1.27 bits per heavy atom. The van der Waals surface area contributed by atoms with Gasteiger partial charge in [0.1, 0.15) is 0 Å². The molecule has 1 nitrogen and oxygen atoms in total. The van der Waals surface area contributed by atoms with Gasteiger partial charge in [0.25, 0.3) is 0 Å². The average Bonchev–Trinajstić information content (AvgIpc) is 2.25. The van der Waals surface area contributed by atoms with Crippen LogP contribution in [0.15, 0.2) is 23.9 Å². The molecule has 88 valence electrons. The number of nitrogens with zero attached hydrogens (tertiary/aromatic N) is 1. The molecule has 0 saturated heterocycles. The molecule has 1 atom stereocenters. The third kappa shape index (κ3) is 5.66. The first-order valence-electron chi connectivity index (χ1n) is 6.27. The highest BCUT2D eigenvalue weighted by atomic mass is 15.1. The lowest BCUT2D eigenvalue weighted by atomic mass is 10.1. The van der Waals surface area contributed by atoms with Gasteiger partial charge in [-0.25, -0.2) is 0 Å². The fourth-order valence-corrected chi connectivity index (χ4v) is 1.60. The quantitative estimate of drug-likeness (QED) is 0.567. The van der Waals surface area contributed by atoms with Crippen molar-refractivity contribution in [2.75, 3.05) is 13.1 Å². The van der Waals surface area contributed by atoms with Crippen LogP contribution in [0.4, 0.5) is 0 Å². The highest BCUT2D eigenvalue weighted by Crippen LogP contribution is 2.12. The van der Waals surface area contributed by atoms with Crippen molar-refractivity contribution >= 4 is 0 Å². The van der Waals surface area contributed by atoms with Crippen molar-refractivity contribution in [2.45, 2.75) is 47.5 Å². The van der Waals surface area contributed by atoms with Gasteiger partial charge in [-0.1, -0.05) is 39.3 Å². The summed E-state index contributed by atoms with van der Waals surface area (Å²) in [7, 11) is 0. The number of allylic oxidation sites excluding steroid dienone is 3. The van der Waals surface area contributed by atoms with E-state index in [-0.39, 0.29) is 0 Å². The summed E-state index contributed by atoms with van der Waals surface area (Å²) in [5, 5.41) is 0. The van der Waals surface area contributed by atoms with E-state index in [1.54, 1.807) is 0 Å². The van der Waals surface area contributed by atoms with Gasteiger partial charge < -0.3 is 4.90 Å². The molecule has 0 rings (SSSR count). The van der Waals surface area contributed by atoms with Gasteiger partial charge in [-0.2, -0.15) is 0 Å². The van der Waals surface area contributed by atoms with Crippen LogP contribution in [0.1, 0.15) is 47.5 Å². The van der Waals surface area contributed by atoms with Crippen LogP contribution in [0.3, 0.4) is 0 Å². The predicted octanol–water partition coefficient (Wildman–Crippen LogP) is 4.22. The van der Waals surface area contributed by atoms with Crippen LogP contribution in [-0.2, 0) is 0 Å². The largest absolute Gasteiger partial charge is 0.372 e. The molecule has 0 aliphatic carbocycles. The molecule has 0 aliphatic heterocycles. The Morgan fingerprint density at radius 3 is 2.33 bits per heavy atom. The number of likely N-dealkylation sites (N-methyl/N-ethyl adjacent to an activating group) is 1. The third-order valence-electron chi connectivity index (χ3n) is 2.73. The molecule has 0 spiro atoms. The number of hydrogen-bond donors (Lipinski definition) is 0. The summed E-state index contributed by atoms with van der Waals surface area (Å²) in [6.07, 6.45) is 9.02. The number of hydrogen-bond acceptors (Lipinski definition) is 1. The van der Waals surface area contributed by atoms with E-state index in [9.17, 15) is 0 Å². The van der Waals surface area contributed by atoms with Crippen molar-refractivity contribution in [1.29, 1.82) is 0 Å². The van der Waals surface area contributed by atoms with Crippen LogP contribution in [0, 0.1) is 5.92 Å². The van der Waals surface area contributed by atoms with Gasteiger partial charge in [-0.15, -0.1) is 0 Å². The molecule has 0 aliphatic rings. The summed E-state index contributed by atoms with van der Waals surface area (Å²) in [5.74, 6) is 0.774. The maximum atomic E-state index is 2.47. The summed E-state index contributed by atoms with van der Waals surface area (Å²) in [6, 6.07) is 0. The van der Waals surface area contributed by atoms with Crippen LogP contribution in [0.25, 0.3) is 0 Å². The van der Waals surface area contributed by atoms with Gasteiger partial charge in [0.15, 0.2) is 0 Å². The van der Waals surface area contributed by atoms with Crippen LogP contribution in [0.5, 0.6) is 0 Å². The maximum Gasteiger partial charge on any atom is 0.0322 e. The molecule has 0 radical (unpaired) electrons. The smallest absolute Gasteiger partial charge is 0.0322 e. The van der Waals surface area contributed by atoms with Crippen molar-refractivity contribution in [2.24, 2.45) is 5.92 Å². The van der Waals surface area contributed by atoms with Crippen molar-refractivity contribution in [3.8, 4) is 0 Å². The summed E-state index contributed by atoms with van der Waals surface area (Å²) in [5.41, 5.74) is 1.38. The molecule has 0 N–H and O–H groups in total. The molecule has 0 saturated carbocycles. The van der Waals surface area contributed by atoms with E-state index in [4.69, 9.17) is 0 Å². The Kier molecular flexibility index (Phi) is 8.17. The van der Waals surface area contributed by atoms with E-state index >= 15 is 0 Å². The lowest BCUT2D eigenvalue weighted by Crippen LogP contribution is -2.27. The molecule has 1 heteroatoms. The summed E-state index contributed by atoms with van der Waals surface area (Å²) in [6.45, 7) is 13.4. The summed E-state index contributed by atoms with van der Waals surface area (Å²) < 4.78 is 0. The first-order valence-corrected chi connectivity index (χ1v) is 6.27. The highest BCUT2D eigenvalue weighted by molar-refractivity contribution is 5.16. The Balaban J connectivity index is 4.52. The van der Waals surface area contributed by atoms with Crippen molar-refractivity contribution in [3.05, 3.63) is 23.9 Å². The highest BCUT2D eigenvalue weighted by Gasteiger charge is 2.08. The van der Waals surface area contributed by atoms with E-state index in [0.717, 1.165) is 18.9 Å². The Hall–Kier alpha value is -0.720. The molecule has 0 unspecified atom stereocenters. The van der Waals surface area contributed by atoms with E-state index in [1.165, 1.54) is 18.7 Å². The minimum atomic E-state index is 0.774. The average molecular weight is 209 g/mol. The zero-order chi connectivity index (χ0) is 11.7. The molecule has 0 amide bonds. The second-order valence-corrected chi connectivity index (χ2v) is 4.09. The zero-order valence-corrected chi connectivity index (χ0v) is 11.1. The molecule has 15 heavy (non-hydrogen) atoms. The van der Waals surface area contributed by atoms with Crippen molar-refractivity contribution < 1.29 is 0 Å². The molecule has 0 heterocycles. The Labute approximate surface area is 95.9 Å². The van der Waals surface area contributed by atoms with E-state index in [1.807, 2.05) is 0 Å². The van der Waals surface area contributed by atoms with Gasteiger partial charge in [-0.05, 0) is 32.3 Å². The standard InChI is InChI=1S/C14H27N/c1-6-10-14(11-7-2)15(9-4)12-13(5)8-3/h6,10-11,13H,7-9,12H2,1-5H3/b10-6-,14-11+/t13-/m1/s1. The molecular weight excluding hydrogens is 182 g/mol. The topological polar surface area (TPSA) is 3.24 Å². The van der Waals surface area contributed by atoms with Gasteiger partial charge in [-0.3, -0.25) is 0 Å². The van der Waals surface area contributed by atoms with E-state index in [0.29, 0.717) is 0 Å². The van der Waals surface area contributed by atoms with Gasteiger partial charge in [0.2, 0.25) is 0 Å². The SMILES string of the molecule is C/C=C\C(=C/CC)N(CC)C[C@H](C)CC. The van der Waals surface area contributed by atoms with Gasteiger partial charge >= 0.3 is 0 Å². The fourth-order valence-electron chi connectivity index (χ4n) is 1.60.